The van der Waals surface area contributed by atoms with E-state index in [0.29, 0.717) is 38.5 Å². The fourth-order valence-corrected chi connectivity index (χ4v) is 6.52. The Balaban J connectivity index is 1.18. The van der Waals surface area contributed by atoms with Crippen LogP contribution in [0.4, 0.5) is 11.6 Å². The van der Waals surface area contributed by atoms with Crippen molar-refractivity contribution >= 4 is 58.3 Å². The van der Waals surface area contributed by atoms with Crippen LogP contribution in [0.25, 0.3) is 11.2 Å². The van der Waals surface area contributed by atoms with Crippen molar-refractivity contribution in [1.29, 1.82) is 0 Å². The molecule has 0 bridgehead atoms. The standard InChI is InChI=1S/C26H28ClN9O2S/c1-15-22(28)26(13-38-15)6-9-35(10-7-26)25-32-11-16-24(34-25)31-12-20(33-16)39-19-4-2-3-17(21(19)27)36-14-30-8-5-18(36)23(29)37/h2-5,8,11-12,15,22H,6-7,9-10,13-14,28H2,1H3,(H2,29,37)/t15-,22+/m0/s1. The zero-order valence-electron chi connectivity index (χ0n) is 21.3. The van der Waals surface area contributed by atoms with E-state index in [1.165, 1.54) is 11.8 Å². The Morgan fingerprint density at radius 1 is 1.21 bits per heavy atom. The van der Waals surface area contributed by atoms with Crippen molar-refractivity contribution in [2.24, 2.45) is 21.9 Å². The second kappa shape index (κ2) is 10.3. The number of nitrogens with two attached hydrogens (primary N) is 2. The second-order valence-corrected chi connectivity index (χ2v) is 11.4. The first-order valence-corrected chi connectivity index (χ1v) is 13.9. The van der Waals surface area contributed by atoms with Crippen LogP contribution in [-0.4, -0.2) is 70.6 Å². The number of aliphatic imine (C=N–C) groups is 1. The minimum atomic E-state index is -0.551. The van der Waals surface area contributed by atoms with Gasteiger partial charge in [-0.2, -0.15) is 4.98 Å². The van der Waals surface area contributed by atoms with Gasteiger partial charge in [0.15, 0.2) is 5.65 Å². The monoisotopic (exact) mass is 565 g/mol. The van der Waals surface area contributed by atoms with Gasteiger partial charge in [0.05, 0.1) is 35.8 Å². The molecule has 1 aromatic carbocycles. The van der Waals surface area contributed by atoms with E-state index in [2.05, 4.69) is 31.8 Å². The molecule has 0 radical (unpaired) electrons. The highest BCUT2D eigenvalue weighted by molar-refractivity contribution is 7.99. The number of halogens is 1. The third-order valence-corrected chi connectivity index (χ3v) is 9.18. The number of carbonyl (C=O) groups is 1. The number of aromatic nitrogens is 4. The summed E-state index contributed by atoms with van der Waals surface area (Å²) >= 11 is 8.13. The van der Waals surface area contributed by atoms with Crippen molar-refractivity contribution in [3.05, 3.63) is 47.4 Å². The van der Waals surface area contributed by atoms with Gasteiger partial charge < -0.3 is 26.0 Å². The number of rotatable bonds is 5. The molecule has 0 aliphatic carbocycles. The topological polar surface area (TPSA) is 149 Å². The van der Waals surface area contributed by atoms with Gasteiger partial charge in [0.25, 0.3) is 5.91 Å². The van der Waals surface area contributed by atoms with Gasteiger partial charge in [-0.1, -0.05) is 29.4 Å². The number of hydrogen-bond acceptors (Lipinski definition) is 11. The second-order valence-electron chi connectivity index (χ2n) is 9.99. The zero-order valence-corrected chi connectivity index (χ0v) is 22.9. The van der Waals surface area contributed by atoms with Crippen molar-refractivity contribution in [1.82, 2.24) is 19.9 Å². The molecule has 0 unspecified atom stereocenters. The number of amides is 1. The van der Waals surface area contributed by atoms with Gasteiger partial charge in [-0.05, 0) is 38.0 Å². The fourth-order valence-electron chi connectivity index (χ4n) is 5.36. The fraction of sp³-hybridized carbons (Fsp3) is 0.385. The number of ether oxygens (including phenoxy) is 1. The predicted molar refractivity (Wildman–Crippen MR) is 151 cm³/mol. The molecule has 2 saturated heterocycles. The molecule has 11 nitrogen and oxygen atoms in total. The number of nitrogens with zero attached hydrogens (tertiary/aromatic N) is 7. The quantitative estimate of drug-likeness (QED) is 0.473. The Bertz CT molecular complexity index is 1490. The van der Waals surface area contributed by atoms with E-state index in [0.717, 1.165) is 37.4 Å². The third-order valence-electron chi connectivity index (χ3n) is 7.71. The lowest BCUT2D eigenvalue weighted by molar-refractivity contribution is -0.114. The number of anilines is 2. The predicted octanol–water partition coefficient (Wildman–Crippen LogP) is 2.77. The normalized spacial score (nSPS) is 22.5. The maximum atomic E-state index is 11.9. The molecule has 3 aromatic rings. The lowest BCUT2D eigenvalue weighted by atomic mass is 9.73. The molecule has 3 aliphatic heterocycles. The van der Waals surface area contributed by atoms with Crippen molar-refractivity contribution in [2.75, 3.05) is 36.2 Å². The molecule has 39 heavy (non-hydrogen) atoms. The first-order chi connectivity index (χ1) is 18.8. The smallest absolute Gasteiger partial charge is 0.265 e. The van der Waals surface area contributed by atoms with E-state index < -0.39 is 5.91 Å². The Morgan fingerprint density at radius 3 is 2.77 bits per heavy atom. The SMILES string of the molecule is C[C@@H]1OCC2(CCN(c3ncc4nc(Sc5cccc(N6CN=CC=C6C(N)=O)c5Cl)cnc4n3)CC2)[C@@H]1N. The van der Waals surface area contributed by atoms with Crippen molar-refractivity contribution in [2.45, 2.75) is 41.8 Å². The van der Waals surface area contributed by atoms with Gasteiger partial charge in [0.2, 0.25) is 5.95 Å². The van der Waals surface area contributed by atoms with Crippen molar-refractivity contribution < 1.29 is 9.53 Å². The third kappa shape index (κ3) is 4.82. The summed E-state index contributed by atoms with van der Waals surface area (Å²) in [6.07, 6.45) is 8.50. The van der Waals surface area contributed by atoms with E-state index in [1.807, 2.05) is 18.2 Å². The van der Waals surface area contributed by atoms with E-state index in [1.54, 1.807) is 29.6 Å². The van der Waals surface area contributed by atoms with Gasteiger partial charge in [-0.15, -0.1) is 0 Å². The molecule has 6 rings (SSSR count). The van der Waals surface area contributed by atoms with E-state index in [-0.39, 0.29) is 24.2 Å². The highest BCUT2D eigenvalue weighted by atomic mass is 35.5. The maximum Gasteiger partial charge on any atom is 0.265 e. The summed E-state index contributed by atoms with van der Waals surface area (Å²) in [5.74, 6) is 0.0932. The lowest BCUT2D eigenvalue weighted by Crippen LogP contribution is -2.50. The van der Waals surface area contributed by atoms with E-state index >= 15 is 0 Å². The first-order valence-electron chi connectivity index (χ1n) is 12.7. The molecule has 4 N–H and O–H groups in total. The number of primary amides is 1. The Labute approximate surface area is 234 Å². The Morgan fingerprint density at radius 2 is 2.03 bits per heavy atom. The van der Waals surface area contributed by atoms with Gasteiger partial charge >= 0.3 is 0 Å². The molecule has 2 aromatic heterocycles. The minimum Gasteiger partial charge on any atom is -0.376 e. The zero-order chi connectivity index (χ0) is 27.1. The van der Waals surface area contributed by atoms with Gasteiger partial charge in [-0.25, -0.2) is 15.0 Å². The summed E-state index contributed by atoms with van der Waals surface area (Å²) in [5.41, 5.74) is 14.1. The highest BCUT2D eigenvalue weighted by Crippen LogP contribution is 2.42. The molecule has 2 atom stereocenters. The largest absolute Gasteiger partial charge is 0.376 e. The first kappa shape index (κ1) is 25.9. The van der Waals surface area contributed by atoms with E-state index in [9.17, 15) is 4.79 Å². The molecular formula is C26H28ClN9O2S. The number of allylic oxidation sites excluding steroid dienone is 1. The summed E-state index contributed by atoms with van der Waals surface area (Å²) in [6.45, 7) is 4.65. The Hall–Kier alpha value is -3.32. The molecule has 1 spiro atoms. The van der Waals surface area contributed by atoms with Gasteiger partial charge in [-0.3, -0.25) is 9.79 Å². The summed E-state index contributed by atoms with van der Waals surface area (Å²) in [4.78, 5) is 39.3. The summed E-state index contributed by atoms with van der Waals surface area (Å²) in [5, 5.41) is 1.11. The van der Waals surface area contributed by atoms with Crippen LogP contribution in [0.15, 0.2) is 57.3 Å². The number of piperidine rings is 1. The van der Waals surface area contributed by atoms with Gasteiger partial charge in [0.1, 0.15) is 22.9 Å². The number of fused-ring (bicyclic) bond motifs is 1. The molecule has 5 heterocycles. The molecule has 13 heteroatoms. The number of hydrogen-bond donors (Lipinski definition) is 2. The molecule has 3 aliphatic rings. The molecule has 1 amide bonds. The molecular weight excluding hydrogens is 538 g/mol. The molecule has 0 saturated carbocycles. The maximum absolute atomic E-state index is 11.9. The number of carbonyl (C=O) groups excluding carboxylic acids is 1. The number of benzene rings is 1. The van der Waals surface area contributed by atoms with Crippen LogP contribution in [0.2, 0.25) is 5.02 Å². The molecule has 202 valence electrons. The van der Waals surface area contributed by atoms with Crippen LogP contribution in [0.3, 0.4) is 0 Å². The highest BCUT2D eigenvalue weighted by Gasteiger charge is 2.47. The summed E-state index contributed by atoms with van der Waals surface area (Å²) in [7, 11) is 0. The van der Waals surface area contributed by atoms with Crippen LogP contribution in [0, 0.1) is 5.41 Å². The minimum absolute atomic E-state index is 0.0379. The van der Waals surface area contributed by atoms with E-state index in [4.69, 9.17) is 32.8 Å². The summed E-state index contributed by atoms with van der Waals surface area (Å²) in [6, 6.07) is 5.62. The van der Waals surface area contributed by atoms with Crippen LogP contribution in [-0.2, 0) is 9.53 Å². The Kier molecular flexibility index (Phi) is 6.88. The van der Waals surface area contributed by atoms with Crippen LogP contribution >= 0.6 is 23.4 Å². The van der Waals surface area contributed by atoms with Crippen molar-refractivity contribution in [3.8, 4) is 0 Å². The van der Waals surface area contributed by atoms with Crippen LogP contribution in [0.1, 0.15) is 19.8 Å². The van der Waals surface area contributed by atoms with Crippen LogP contribution in [0.5, 0.6) is 0 Å². The average molecular weight is 566 g/mol. The summed E-state index contributed by atoms with van der Waals surface area (Å²) < 4.78 is 5.84. The molecule has 2 fully saturated rings. The average Bonchev–Trinajstić information content (AvgIpc) is 3.22. The lowest BCUT2D eigenvalue weighted by Gasteiger charge is -2.41. The van der Waals surface area contributed by atoms with Crippen molar-refractivity contribution in [3.63, 3.8) is 0 Å². The van der Waals surface area contributed by atoms with Gasteiger partial charge in [0, 0.05) is 35.7 Å². The van der Waals surface area contributed by atoms with Crippen LogP contribution < -0.4 is 21.3 Å².